The standard InChI is InChI=1S/C41H46N4O7S/c42-44-43-24-13-4-14-25-48-31-40-38(50-29-32-15-5-1-6-16-32)27-39(51-30-33-17-7-2-8-18-33)41(52-40)49-26-23-34-28-45(37-22-12-11-21-36(34)37)53(46,47)35-19-9-3-10-20-35/h1-3,5-12,15-22,28,38-41H,4,13-14,23-27,29-31H2/t38-,39+,40+,41+/m0/s1. The Kier molecular flexibility index (Phi) is 14.1. The Balaban J connectivity index is 1.17. The first-order valence-corrected chi connectivity index (χ1v) is 19.5. The molecule has 1 saturated heterocycles. The third-order valence-corrected chi connectivity index (χ3v) is 10.9. The number of fused-ring (bicyclic) bond motifs is 1. The number of hydrogen-bond donors (Lipinski definition) is 0. The van der Waals surface area contributed by atoms with Gasteiger partial charge in [-0.3, -0.25) is 0 Å². The van der Waals surface area contributed by atoms with Gasteiger partial charge in [0.1, 0.15) is 12.2 Å². The van der Waals surface area contributed by atoms with Crippen LogP contribution >= 0.6 is 0 Å². The second-order valence-electron chi connectivity index (χ2n) is 12.9. The number of unbranched alkanes of at least 4 members (excludes halogenated alkanes) is 2. The maximum Gasteiger partial charge on any atom is 0.268 e. The quantitative estimate of drug-likeness (QED) is 0.0340. The number of hydrogen-bond acceptors (Lipinski definition) is 8. The lowest BCUT2D eigenvalue weighted by atomic mass is 10.0. The van der Waals surface area contributed by atoms with Gasteiger partial charge < -0.3 is 23.7 Å². The number of benzene rings is 4. The summed E-state index contributed by atoms with van der Waals surface area (Å²) in [6.07, 6.45) is 3.32. The van der Waals surface area contributed by atoms with Gasteiger partial charge in [0.15, 0.2) is 6.29 Å². The molecule has 1 fully saturated rings. The van der Waals surface area contributed by atoms with Crippen molar-refractivity contribution in [2.45, 2.75) is 74.8 Å². The average Bonchev–Trinajstić information content (AvgIpc) is 3.58. The molecule has 12 heteroatoms. The Bertz CT molecular complexity index is 2010. The van der Waals surface area contributed by atoms with Gasteiger partial charge in [0.25, 0.3) is 10.0 Å². The molecule has 1 aliphatic heterocycles. The first-order chi connectivity index (χ1) is 26.0. The highest BCUT2D eigenvalue weighted by molar-refractivity contribution is 7.90. The van der Waals surface area contributed by atoms with E-state index >= 15 is 0 Å². The van der Waals surface area contributed by atoms with Gasteiger partial charge in [-0.25, -0.2) is 12.4 Å². The van der Waals surface area contributed by atoms with Crippen LogP contribution in [0, 0.1) is 0 Å². The lowest BCUT2D eigenvalue weighted by molar-refractivity contribution is -0.289. The summed E-state index contributed by atoms with van der Waals surface area (Å²) >= 11 is 0. The van der Waals surface area contributed by atoms with Crippen LogP contribution in [0.4, 0.5) is 0 Å². The Hall–Kier alpha value is -4.52. The van der Waals surface area contributed by atoms with Crippen LogP contribution in [0.1, 0.15) is 42.4 Å². The van der Waals surface area contributed by atoms with Crippen molar-refractivity contribution in [2.75, 3.05) is 26.4 Å². The van der Waals surface area contributed by atoms with E-state index in [1.54, 1.807) is 36.5 Å². The number of aromatic nitrogens is 1. The molecule has 4 atom stereocenters. The van der Waals surface area contributed by atoms with Crippen LogP contribution in [-0.2, 0) is 53.3 Å². The van der Waals surface area contributed by atoms with Gasteiger partial charge in [-0.15, -0.1) is 0 Å². The molecule has 1 aromatic heterocycles. The fraction of sp³-hybridized carbons (Fsp3) is 0.366. The highest BCUT2D eigenvalue weighted by atomic mass is 32.2. The summed E-state index contributed by atoms with van der Waals surface area (Å²) in [6, 6.07) is 35.9. The number of para-hydroxylation sites is 1. The zero-order valence-electron chi connectivity index (χ0n) is 29.7. The van der Waals surface area contributed by atoms with Crippen LogP contribution in [0.3, 0.4) is 0 Å². The molecule has 4 aromatic carbocycles. The molecule has 0 bridgehead atoms. The summed E-state index contributed by atoms with van der Waals surface area (Å²) in [5.41, 5.74) is 12.1. The van der Waals surface area contributed by atoms with Crippen LogP contribution in [0.5, 0.6) is 0 Å². The fourth-order valence-electron chi connectivity index (χ4n) is 6.42. The van der Waals surface area contributed by atoms with Crippen molar-refractivity contribution >= 4 is 20.9 Å². The van der Waals surface area contributed by atoms with E-state index in [1.165, 1.54) is 3.97 Å². The minimum Gasteiger partial charge on any atom is -0.379 e. The molecule has 0 radical (unpaired) electrons. The van der Waals surface area contributed by atoms with Crippen LogP contribution in [0.15, 0.2) is 131 Å². The fourth-order valence-corrected chi connectivity index (χ4v) is 7.84. The Morgan fingerprint density at radius 1 is 0.755 bits per heavy atom. The smallest absolute Gasteiger partial charge is 0.268 e. The summed E-state index contributed by atoms with van der Waals surface area (Å²) in [4.78, 5) is 3.04. The van der Waals surface area contributed by atoms with Crippen LogP contribution in [-0.4, -0.2) is 63.4 Å². The number of nitrogens with zero attached hydrogens (tertiary/aromatic N) is 4. The minimum absolute atomic E-state index is 0.225. The van der Waals surface area contributed by atoms with Gasteiger partial charge in [0, 0.05) is 36.1 Å². The minimum atomic E-state index is -3.81. The molecular formula is C41H46N4O7S. The Labute approximate surface area is 311 Å². The van der Waals surface area contributed by atoms with E-state index < -0.39 is 28.5 Å². The largest absolute Gasteiger partial charge is 0.379 e. The van der Waals surface area contributed by atoms with Gasteiger partial charge in [0.05, 0.1) is 42.9 Å². The van der Waals surface area contributed by atoms with Crippen LogP contribution < -0.4 is 0 Å². The lowest BCUT2D eigenvalue weighted by Gasteiger charge is -2.41. The molecule has 0 saturated carbocycles. The number of rotatable bonds is 20. The van der Waals surface area contributed by atoms with Crippen LogP contribution in [0.25, 0.3) is 21.3 Å². The van der Waals surface area contributed by atoms with E-state index in [4.69, 9.17) is 29.2 Å². The molecule has 0 N–H and O–H groups in total. The second-order valence-corrected chi connectivity index (χ2v) is 14.8. The molecular weight excluding hydrogens is 693 g/mol. The van der Waals surface area contributed by atoms with Crippen LogP contribution in [0.2, 0.25) is 0 Å². The van der Waals surface area contributed by atoms with E-state index in [0.717, 1.165) is 41.3 Å². The van der Waals surface area contributed by atoms with Gasteiger partial charge in [-0.05, 0) is 59.7 Å². The molecule has 0 unspecified atom stereocenters. The first kappa shape index (κ1) is 38.2. The summed E-state index contributed by atoms with van der Waals surface area (Å²) in [5.74, 6) is 0. The van der Waals surface area contributed by atoms with Crippen molar-refractivity contribution in [3.8, 4) is 0 Å². The van der Waals surface area contributed by atoms with Crippen molar-refractivity contribution in [1.82, 2.24) is 3.97 Å². The highest BCUT2D eigenvalue weighted by Crippen LogP contribution is 2.30. The molecule has 1 aliphatic rings. The average molecular weight is 739 g/mol. The number of ether oxygens (including phenoxy) is 5. The Morgan fingerprint density at radius 2 is 1.40 bits per heavy atom. The zero-order valence-corrected chi connectivity index (χ0v) is 30.5. The van der Waals surface area contributed by atoms with E-state index in [0.29, 0.717) is 51.3 Å². The third kappa shape index (κ3) is 10.6. The lowest BCUT2D eigenvalue weighted by Crippen LogP contribution is -2.52. The van der Waals surface area contributed by atoms with E-state index in [9.17, 15) is 8.42 Å². The topological polar surface area (TPSA) is 134 Å². The molecule has 5 aromatic rings. The monoisotopic (exact) mass is 738 g/mol. The predicted octanol–water partition coefficient (Wildman–Crippen LogP) is 8.22. The van der Waals surface area contributed by atoms with E-state index in [1.807, 2.05) is 84.9 Å². The van der Waals surface area contributed by atoms with Gasteiger partial charge in [-0.1, -0.05) is 109 Å². The van der Waals surface area contributed by atoms with Crippen molar-refractivity contribution in [2.24, 2.45) is 5.11 Å². The first-order valence-electron chi connectivity index (χ1n) is 18.1. The Morgan fingerprint density at radius 3 is 2.09 bits per heavy atom. The van der Waals surface area contributed by atoms with Gasteiger partial charge in [-0.2, -0.15) is 0 Å². The van der Waals surface area contributed by atoms with Gasteiger partial charge >= 0.3 is 0 Å². The van der Waals surface area contributed by atoms with Gasteiger partial charge in [0.2, 0.25) is 0 Å². The molecule has 2 heterocycles. The third-order valence-electron chi connectivity index (χ3n) is 9.21. The second kappa shape index (κ2) is 19.5. The highest BCUT2D eigenvalue weighted by Gasteiger charge is 2.40. The summed E-state index contributed by atoms with van der Waals surface area (Å²) in [5, 5.41) is 4.45. The molecule has 278 valence electrons. The van der Waals surface area contributed by atoms with Crippen molar-refractivity contribution in [3.05, 3.63) is 149 Å². The molecule has 53 heavy (non-hydrogen) atoms. The molecule has 0 amide bonds. The summed E-state index contributed by atoms with van der Waals surface area (Å²) < 4.78 is 60.9. The maximum absolute atomic E-state index is 13.7. The van der Waals surface area contributed by atoms with Crippen molar-refractivity contribution in [1.29, 1.82) is 0 Å². The van der Waals surface area contributed by atoms with E-state index in [2.05, 4.69) is 10.0 Å². The van der Waals surface area contributed by atoms with E-state index in [-0.39, 0.29) is 17.6 Å². The van der Waals surface area contributed by atoms with Crippen molar-refractivity contribution in [3.63, 3.8) is 0 Å². The number of azide groups is 1. The predicted molar refractivity (Wildman–Crippen MR) is 203 cm³/mol. The molecule has 0 spiro atoms. The van der Waals surface area contributed by atoms with Crippen molar-refractivity contribution < 1.29 is 32.1 Å². The summed E-state index contributed by atoms with van der Waals surface area (Å²) in [6.45, 7) is 2.39. The maximum atomic E-state index is 13.7. The summed E-state index contributed by atoms with van der Waals surface area (Å²) in [7, 11) is -3.81. The molecule has 6 rings (SSSR count). The molecule has 0 aliphatic carbocycles. The molecule has 11 nitrogen and oxygen atoms in total. The SMILES string of the molecule is [N-]=[N+]=NCCCCCOC[C@H]1O[C@@H](OCCc2cn(S(=O)(=O)c3ccccc3)c3ccccc23)[C@H](OCc2ccccc2)C[C@@H]1OCc1ccccc1. The zero-order chi connectivity index (χ0) is 36.7. The normalized spacial score (nSPS) is 18.9.